The van der Waals surface area contributed by atoms with Crippen LogP contribution in [-0.2, 0) is 0 Å². The molecule has 2 unspecified atom stereocenters. The van der Waals surface area contributed by atoms with Crippen molar-refractivity contribution < 1.29 is 0 Å². The summed E-state index contributed by atoms with van der Waals surface area (Å²) in [5.41, 5.74) is 8.64. The molecule has 2 atom stereocenters. The zero-order chi connectivity index (χ0) is 31.4. The molecule has 0 bridgehead atoms. The van der Waals surface area contributed by atoms with Crippen molar-refractivity contribution in [2.24, 2.45) is 5.92 Å². The molecule has 0 aromatic carbocycles. The third kappa shape index (κ3) is 27.3. The number of nitrogens with one attached hydrogen (secondary N) is 1. The molecule has 0 fully saturated rings. The fourth-order valence-electron chi connectivity index (χ4n) is 3.60. The Morgan fingerprint density at radius 2 is 1.26 bits per heavy atom. The topological polar surface area (TPSA) is 12.0 Å². The average molecular weight is 542 g/mol. The van der Waals surface area contributed by atoms with Gasteiger partial charge >= 0.3 is 0 Å². The third-order valence-corrected chi connectivity index (χ3v) is 6.15. The molecular formula is C38H71N. The van der Waals surface area contributed by atoms with Crippen LogP contribution in [0.25, 0.3) is 0 Å². The summed E-state index contributed by atoms with van der Waals surface area (Å²) < 4.78 is 0. The van der Waals surface area contributed by atoms with Gasteiger partial charge in [0.25, 0.3) is 0 Å². The van der Waals surface area contributed by atoms with Crippen molar-refractivity contribution >= 4 is 0 Å². The van der Waals surface area contributed by atoms with Crippen LogP contribution in [0.3, 0.4) is 0 Å². The number of hydrogen-bond donors (Lipinski definition) is 1. The highest BCUT2D eigenvalue weighted by Crippen LogP contribution is 2.30. The standard InChI is InChI=1S/C18H27N.C7H14.C6H12.C5H12.C2H6/c1-8-13(5)15(7)19-18-11-17(12(3)4)16(9-2)10-14(18)6;1-4-5-6-7(2)3;1-4-5-6(2)3;1-3-5-4-2;1-2/h8,10-11,14,18-19H,3,7,9H2,1-2,4-6H3;2,4-6H2,1,3H3;2,4-5H2,1,3H3;3-5H2,1-2H3;1-2H3/b13-8+;;;;. The molecule has 1 N–H and O–H groups in total. The Labute approximate surface area is 248 Å². The Kier molecular flexibility index (Phi) is 34.4. The quantitative estimate of drug-likeness (QED) is 0.191. The lowest BCUT2D eigenvalue weighted by atomic mass is 9.84. The molecule has 39 heavy (non-hydrogen) atoms. The highest BCUT2D eigenvalue weighted by molar-refractivity contribution is 5.48. The van der Waals surface area contributed by atoms with E-state index in [-0.39, 0.29) is 0 Å². The molecule has 1 aliphatic carbocycles. The molecule has 1 rings (SSSR count). The minimum Gasteiger partial charge on any atom is -0.379 e. The molecule has 1 nitrogen and oxygen atoms in total. The van der Waals surface area contributed by atoms with Gasteiger partial charge in [0, 0.05) is 5.70 Å². The lowest BCUT2D eigenvalue weighted by molar-refractivity contribution is 0.536. The lowest BCUT2D eigenvalue weighted by Gasteiger charge is -2.29. The van der Waals surface area contributed by atoms with Gasteiger partial charge in [-0.15, -0.1) is 13.2 Å². The lowest BCUT2D eigenvalue weighted by Crippen LogP contribution is -2.34. The van der Waals surface area contributed by atoms with Crippen molar-refractivity contribution in [1.82, 2.24) is 5.32 Å². The minimum atomic E-state index is 0.296. The van der Waals surface area contributed by atoms with E-state index in [9.17, 15) is 0 Å². The molecule has 0 spiro atoms. The van der Waals surface area contributed by atoms with Gasteiger partial charge in [-0.2, -0.15) is 0 Å². The molecule has 228 valence electrons. The Balaban J connectivity index is -0.000000251. The van der Waals surface area contributed by atoms with Gasteiger partial charge < -0.3 is 5.32 Å². The SMILES string of the molecule is C=C(C)C1=CC(NC(=C)/C(C)=C/C)C(C)C=C1CC.C=C(C)CCC.C=C(C)CCCC.CC.CCCCC. The van der Waals surface area contributed by atoms with E-state index in [4.69, 9.17) is 0 Å². The van der Waals surface area contributed by atoms with Gasteiger partial charge in [-0.05, 0) is 82.9 Å². The third-order valence-electron chi connectivity index (χ3n) is 6.15. The summed E-state index contributed by atoms with van der Waals surface area (Å²) >= 11 is 0. The van der Waals surface area contributed by atoms with E-state index in [2.05, 4.69) is 119 Å². The fraction of sp³-hybridized carbons (Fsp3) is 0.632. The van der Waals surface area contributed by atoms with Crippen molar-refractivity contribution in [2.75, 3.05) is 0 Å². The van der Waals surface area contributed by atoms with Crippen LogP contribution in [0.4, 0.5) is 0 Å². The molecule has 1 aliphatic rings. The molecule has 0 aliphatic heterocycles. The highest BCUT2D eigenvalue weighted by atomic mass is 14.9. The van der Waals surface area contributed by atoms with Gasteiger partial charge in [0.15, 0.2) is 0 Å². The van der Waals surface area contributed by atoms with Crippen molar-refractivity contribution in [3.05, 3.63) is 83.7 Å². The van der Waals surface area contributed by atoms with E-state index >= 15 is 0 Å². The largest absolute Gasteiger partial charge is 0.379 e. The van der Waals surface area contributed by atoms with Gasteiger partial charge in [-0.1, -0.05) is 136 Å². The molecule has 0 saturated heterocycles. The highest BCUT2D eigenvalue weighted by Gasteiger charge is 2.21. The van der Waals surface area contributed by atoms with E-state index in [0.29, 0.717) is 12.0 Å². The first-order valence-corrected chi connectivity index (χ1v) is 15.8. The molecule has 0 heterocycles. The summed E-state index contributed by atoms with van der Waals surface area (Å²) in [6.07, 6.45) is 18.1. The average Bonchev–Trinajstić information content (AvgIpc) is 2.90. The second-order valence-electron chi connectivity index (χ2n) is 10.5. The van der Waals surface area contributed by atoms with Crippen molar-refractivity contribution in [3.8, 4) is 0 Å². The zero-order valence-corrected chi connectivity index (χ0v) is 29.1. The van der Waals surface area contributed by atoms with Crippen molar-refractivity contribution in [2.45, 2.75) is 154 Å². The van der Waals surface area contributed by atoms with Crippen LogP contribution in [0.1, 0.15) is 148 Å². The Morgan fingerprint density at radius 1 is 0.769 bits per heavy atom. The summed E-state index contributed by atoms with van der Waals surface area (Å²) in [6, 6.07) is 0.296. The molecule has 0 aromatic rings. The molecule has 0 amide bonds. The molecule has 0 aromatic heterocycles. The summed E-state index contributed by atoms with van der Waals surface area (Å²) in [5, 5.41) is 3.52. The zero-order valence-electron chi connectivity index (χ0n) is 29.1. The maximum atomic E-state index is 4.11. The second kappa shape index (κ2) is 30.5. The van der Waals surface area contributed by atoms with Crippen LogP contribution < -0.4 is 5.32 Å². The molecule has 0 radical (unpaired) electrons. The monoisotopic (exact) mass is 542 g/mol. The minimum absolute atomic E-state index is 0.296. The second-order valence-corrected chi connectivity index (χ2v) is 10.5. The number of rotatable bonds is 12. The van der Waals surface area contributed by atoms with E-state index in [1.807, 2.05) is 20.8 Å². The number of allylic oxidation sites excluding steroid dienone is 7. The predicted octanol–water partition coefficient (Wildman–Crippen LogP) is 13.3. The van der Waals surface area contributed by atoms with Crippen LogP contribution in [0.2, 0.25) is 0 Å². The fourth-order valence-corrected chi connectivity index (χ4v) is 3.60. The van der Waals surface area contributed by atoms with Crippen LogP contribution in [0.5, 0.6) is 0 Å². The van der Waals surface area contributed by atoms with Crippen LogP contribution in [0.15, 0.2) is 83.7 Å². The maximum absolute atomic E-state index is 4.11. The first-order chi connectivity index (χ1) is 18.4. The van der Waals surface area contributed by atoms with Gasteiger partial charge in [0.05, 0.1) is 6.04 Å². The van der Waals surface area contributed by atoms with Gasteiger partial charge in [-0.3, -0.25) is 0 Å². The van der Waals surface area contributed by atoms with E-state index < -0.39 is 0 Å². The normalized spacial score (nSPS) is 15.6. The van der Waals surface area contributed by atoms with E-state index in [1.165, 1.54) is 79.2 Å². The van der Waals surface area contributed by atoms with Gasteiger partial charge in [0.2, 0.25) is 0 Å². The van der Waals surface area contributed by atoms with Crippen LogP contribution in [-0.4, -0.2) is 6.04 Å². The summed E-state index contributed by atoms with van der Waals surface area (Å²) in [4.78, 5) is 0. The van der Waals surface area contributed by atoms with Gasteiger partial charge in [-0.25, -0.2) is 0 Å². The Bertz CT molecular complexity index is 739. The van der Waals surface area contributed by atoms with Crippen LogP contribution >= 0.6 is 0 Å². The molecule has 0 saturated carbocycles. The first-order valence-electron chi connectivity index (χ1n) is 15.8. The van der Waals surface area contributed by atoms with Crippen LogP contribution in [0, 0.1) is 5.92 Å². The Hall–Kier alpha value is -2.02. The summed E-state index contributed by atoms with van der Waals surface area (Å²) in [7, 11) is 0. The number of hydrogen-bond acceptors (Lipinski definition) is 1. The van der Waals surface area contributed by atoms with E-state index in [1.54, 1.807) is 0 Å². The Morgan fingerprint density at radius 3 is 1.51 bits per heavy atom. The van der Waals surface area contributed by atoms with Crippen molar-refractivity contribution in [3.63, 3.8) is 0 Å². The molecular weight excluding hydrogens is 470 g/mol. The predicted molar refractivity (Wildman–Crippen MR) is 187 cm³/mol. The first kappa shape index (κ1) is 44.0. The summed E-state index contributed by atoms with van der Waals surface area (Å²) in [6.45, 7) is 43.3. The molecule has 1 heteroatoms. The number of unbranched alkanes of at least 4 members (excludes halogenated alkanes) is 3. The maximum Gasteiger partial charge on any atom is 0.0513 e. The smallest absolute Gasteiger partial charge is 0.0513 e. The summed E-state index contributed by atoms with van der Waals surface area (Å²) in [5.74, 6) is 0.472. The van der Waals surface area contributed by atoms with Gasteiger partial charge in [0.1, 0.15) is 0 Å². The van der Waals surface area contributed by atoms with E-state index in [0.717, 1.165) is 17.7 Å². The van der Waals surface area contributed by atoms with Crippen molar-refractivity contribution in [1.29, 1.82) is 0 Å².